The minimum atomic E-state index is -1.52. The van der Waals surface area contributed by atoms with E-state index in [1.54, 1.807) is 88.9 Å². The molecule has 0 radical (unpaired) electrons. The number of hydrogen-bond donors (Lipinski definition) is 5. The van der Waals surface area contributed by atoms with Crippen LogP contribution in [0.15, 0.2) is 72.8 Å². The van der Waals surface area contributed by atoms with Gasteiger partial charge in [-0.3, -0.25) is 67.4 Å². The monoisotopic (exact) mass is 1430 g/mol. The molecule has 0 spiro atoms. The van der Waals surface area contributed by atoms with Gasteiger partial charge in [-0.15, -0.1) is 0 Å². The molecule has 5 N–H and O–H groups in total. The molecule has 30 heteroatoms. The highest BCUT2D eigenvalue weighted by Gasteiger charge is 2.45. The molecule has 13 rings (SSSR count). The Labute approximate surface area is 594 Å². The minimum absolute atomic E-state index is 0.0377. The van der Waals surface area contributed by atoms with Crippen molar-refractivity contribution in [3.05, 3.63) is 95.1 Å². The highest BCUT2D eigenvalue weighted by molar-refractivity contribution is 8.00. The number of thioether (sulfide) groups is 1. The average Bonchev–Trinajstić information content (AvgIpc) is 1.58. The maximum absolute atomic E-state index is 14.5. The highest BCUT2D eigenvalue weighted by Crippen LogP contribution is 2.43. The third-order valence-electron chi connectivity index (χ3n) is 19.2. The van der Waals surface area contributed by atoms with Crippen LogP contribution in [0.5, 0.6) is 23.0 Å². The average molecular weight is 1430 g/mol. The smallest absolute Gasteiger partial charge is 0.414 e. The summed E-state index contributed by atoms with van der Waals surface area (Å²) in [5.74, 6) is -7.52. The molecule has 9 aliphatic heterocycles. The normalized spacial score (nSPS) is 24.9. The summed E-state index contributed by atoms with van der Waals surface area (Å²) in [4.78, 5) is 186. The van der Waals surface area contributed by atoms with E-state index in [-0.39, 0.29) is 122 Å². The van der Waals surface area contributed by atoms with E-state index in [0.29, 0.717) is 48.4 Å². The highest BCUT2D eigenvalue weighted by atomic mass is 32.2. The number of fused-ring (bicyclic) bond motifs is 2. The Morgan fingerprint density at radius 2 is 1.13 bits per heavy atom. The zero-order chi connectivity index (χ0) is 73.2. The van der Waals surface area contributed by atoms with Crippen molar-refractivity contribution in [2.24, 2.45) is 11.8 Å². The van der Waals surface area contributed by atoms with Crippen LogP contribution >= 0.6 is 11.8 Å². The summed E-state index contributed by atoms with van der Waals surface area (Å²) >= 11 is 1.20. The summed E-state index contributed by atoms with van der Waals surface area (Å²) in [6.07, 6.45) is 1.20. The number of ketones is 2. The van der Waals surface area contributed by atoms with Crippen molar-refractivity contribution in [1.29, 1.82) is 0 Å². The Bertz CT molecular complexity index is 3930. The summed E-state index contributed by atoms with van der Waals surface area (Å²) in [6, 6.07) is 14.1. The van der Waals surface area contributed by atoms with E-state index in [1.165, 1.54) is 63.5 Å². The summed E-state index contributed by atoms with van der Waals surface area (Å²) in [6.45, 7) is 8.07. The molecule has 2 unspecified atom stereocenters. The summed E-state index contributed by atoms with van der Waals surface area (Å²) < 4.78 is 36.1. The third kappa shape index (κ3) is 17.2. The van der Waals surface area contributed by atoms with Crippen molar-refractivity contribution in [2.75, 3.05) is 80.3 Å². The van der Waals surface area contributed by atoms with E-state index < -0.39 is 132 Å². The topological polar surface area (TPSA) is 354 Å². The van der Waals surface area contributed by atoms with Gasteiger partial charge in [0.05, 0.1) is 79.4 Å². The largest absolute Gasteiger partial charge is 0.493 e. The number of ether oxygens (including phenoxy) is 6. The van der Waals surface area contributed by atoms with Crippen LogP contribution in [0.3, 0.4) is 0 Å². The van der Waals surface area contributed by atoms with Gasteiger partial charge in [-0.1, -0.05) is 38.1 Å². The van der Waals surface area contributed by atoms with Crippen molar-refractivity contribution in [3.8, 4) is 23.0 Å². The zero-order valence-electron chi connectivity index (χ0n) is 58.3. The maximum Gasteiger partial charge on any atom is 0.414 e. The number of rotatable bonds is 7. The van der Waals surface area contributed by atoms with Crippen LogP contribution in [0.1, 0.15) is 131 Å². The van der Waals surface area contributed by atoms with E-state index >= 15 is 0 Å². The number of carbonyl (C=O) groups is 13. The number of nitrogens with one attached hydrogen (secondary N) is 5. The first-order valence-corrected chi connectivity index (χ1v) is 35.5. The molecule has 4 aromatic carbocycles. The fourth-order valence-corrected chi connectivity index (χ4v) is 14.0. The van der Waals surface area contributed by atoms with Gasteiger partial charge in [0.2, 0.25) is 41.4 Å². The fourth-order valence-electron chi connectivity index (χ4n) is 13.3. The fraction of sp³-hybridized carbons (Fsp3) is 0.486. The molecule has 9 heterocycles. The van der Waals surface area contributed by atoms with E-state index in [9.17, 15) is 62.3 Å². The standard InChI is InChI=1S/C72H86N10O19S/c1-39-28-49(83)30-52(77-62(85)22-25-80-63(86)35-61(102-8)70(80)93)56(84)29-40(2)65(88)74-42(4)67(90)76-47-20-16-45(17-21-47)38-101-72(95)82-43(5)53-13-10-24-79(53)69(92)51-32-58(97-7)60(34-55(51)82)99-27-11-26-98-59-33-54-50(31-57(59)96-6)68(91)78-23-9-12-48(78)36-81(54)71(94)100-37-44-14-18-46(19-15-44)75-66(89)41(3)73-64(39)87/h14-21,31-34,39-43,48,52-53,61H,9-13,22-30,35-38H2,1-8H3,(H,73,87)(H,74,88)(H,75,89)(H,76,90)(H,77,85)/t39-,40-,41+,42+,43?,48+,52+,53+,61?/m1/s1. The van der Waals surface area contributed by atoms with E-state index in [1.807, 2.05) is 6.92 Å². The molecule has 9 atom stereocenters. The Balaban J connectivity index is 0.881. The molecule has 0 saturated carbocycles. The number of Topliss-reactive ketones (excluding diaryl/α,β-unsaturated/α-hetero) is 2. The lowest BCUT2D eigenvalue weighted by atomic mass is 9.93. The van der Waals surface area contributed by atoms with Gasteiger partial charge in [-0.25, -0.2) is 9.59 Å². The number of benzene rings is 4. The SMILES string of the molecule is COc1cc2c3cc1OCCCOc1cc4c(cc1OC)C(=O)N1CCC[C@H]1C(C)N4C(=O)OCc1ccc(cc1)NC(=O)[C@H](C)NC(=O)[C@H](C)CC(=O)[C@@H](NC(=O)CCN1C(=O)CC(SC)C1=O)CC(=O)C[C@@H](C)C(=O)N[C@@H](C)C(=O)Nc1ccc(cc1)COC(=O)N3C[C@@H]1CCCN1C2=O. The summed E-state index contributed by atoms with van der Waals surface area (Å²) in [5, 5.41) is 12.6. The number of carbonyl (C=O) groups excluding carboxylic acids is 13. The first-order chi connectivity index (χ1) is 48.8. The van der Waals surface area contributed by atoms with Gasteiger partial charge in [0.15, 0.2) is 28.8 Å². The van der Waals surface area contributed by atoms with Crippen molar-refractivity contribution >= 4 is 111 Å². The number of likely N-dealkylation sites (tertiary alicyclic amines) is 1. The third-order valence-corrected chi connectivity index (χ3v) is 20.1. The van der Waals surface area contributed by atoms with E-state index in [2.05, 4.69) is 26.6 Å². The van der Waals surface area contributed by atoms with Gasteiger partial charge in [-0.2, -0.15) is 11.8 Å². The number of anilines is 4. The van der Waals surface area contributed by atoms with E-state index in [0.717, 1.165) is 17.7 Å². The van der Waals surface area contributed by atoms with Gasteiger partial charge in [0.1, 0.15) is 31.1 Å². The molecule has 8 bridgehead atoms. The van der Waals surface area contributed by atoms with Gasteiger partial charge < -0.3 is 64.8 Å². The quantitative estimate of drug-likeness (QED) is 0.127. The van der Waals surface area contributed by atoms with Crippen LogP contribution in [-0.2, 0) is 65.8 Å². The van der Waals surface area contributed by atoms with Crippen LogP contribution in [0.25, 0.3) is 0 Å². The Morgan fingerprint density at radius 1 is 0.598 bits per heavy atom. The Hall–Kier alpha value is -10.3. The molecule has 3 fully saturated rings. The predicted octanol–water partition coefficient (Wildman–Crippen LogP) is 6.31. The molecule has 544 valence electrons. The lowest BCUT2D eigenvalue weighted by molar-refractivity contribution is -0.139. The molecular weight excluding hydrogens is 1340 g/mol. The Kier molecular flexibility index (Phi) is 24.1. The molecule has 3 saturated heterocycles. The Morgan fingerprint density at radius 3 is 1.70 bits per heavy atom. The van der Waals surface area contributed by atoms with E-state index in [4.69, 9.17) is 28.4 Å². The minimum Gasteiger partial charge on any atom is -0.493 e. The van der Waals surface area contributed by atoms with Gasteiger partial charge in [0.25, 0.3) is 11.8 Å². The van der Waals surface area contributed by atoms with Gasteiger partial charge in [0, 0.05) is 100 Å². The van der Waals surface area contributed by atoms with Gasteiger partial charge >= 0.3 is 12.2 Å². The van der Waals surface area contributed by atoms with Crippen LogP contribution in [0, 0.1) is 11.8 Å². The second-order valence-corrected chi connectivity index (χ2v) is 27.4. The second-order valence-electron chi connectivity index (χ2n) is 26.4. The molecule has 4 aromatic rings. The molecule has 9 aliphatic rings. The maximum atomic E-state index is 14.5. The molecule has 0 aromatic heterocycles. The van der Waals surface area contributed by atoms with Crippen LogP contribution in [-0.4, -0.2) is 193 Å². The molecule has 102 heavy (non-hydrogen) atoms. The van der Waals surface area contributed by atoms with Crippen molar-refractivity contribution in [1.82, 2.24) is 30.7 Å². The number of hydrogen-bond acceptors (Lipinski definition) is 20. The number of methoxy groups -OCH3 is 2. The number of nitrogens with zero attached hydrogens (tertiary/aromatic N) is 5. The molecular formula is C72H86N10O19S. The lowest BCUT2D eigenvalue weighted by Crippen LogP contribution is -2.49. The van der Waals surface area contributed by atoms with Crippen LogP contribution < -0.4 is 55.3 Å². The summed E-state index contributed by atoms with van der Waals surface area (Å²) in [7, 11) is 2.88. The second kappa shape index (κ2) is 33.0. The molecule has 29 nitrogen and oxygen atoms in total. The molecule has 11 amide bonds. The first kappa shape index (κ1) is 74.4. The molecule has 0 aliphatic carbocycles. The number of amides is 11. The van der Waals surface area contributed by atoms with Crippen molar-refractivity contribution in [3.63, 3.8) is 0 Å². The van der Waals surface area contributed by atoms with Crippen molar-refractivity contribution < 1.29 is 90.8 Å². The van der Waals surface area contributed by atoms with Crippen LogP contribution in [0.2, 0.25) is 0 Å². The predicted molar refractivity (Wildman–Crippen MR) is 372 cm³/mol. The van der Waals surface area contributed by atoms with Gasteiger partial charge in [-0.05, 0) is 100 Å². The first-order valence-electron chi connectivity index (χ1n) is 34.2. The van der Waals surface area contributed by atoms with Crippen LogP contribution in [0.4, 0.5) is 32.3 Å². The zero-order valence-corrected chi connectivity index (χ0v) is 59.1. The van der Waals surface area contributed by atoms with Crippen molar-refractivity contribution in [2.45, 2.75) is 154 Å². The number of imide groups is 1. The lowest BCUT2D eigenvalue weighted by Gasteiger charge is -2.33. The summed E-state index contributed by atoms with van der Waals surface area (Å²) in [5.41, 5.74) is 2.64.